The van der Waals surface area contributed by atoms with Crippen LogP contribution in [0.5, 0.6) is 0 Å². The molecule has 0 aromatic heterocycles. The van der Waals surface area contributed by atoms with E-state index in [4.69, 9.17) is 5.11 Å². The van der Waals surface area contributed by atoms with Gasteiger partial charge in [-0.15, -0.1) is 12.4 Å². The van der Waals surface area contributed by atoms with Gasteiger partial charge in [0.2, 0.25) is 0 Å². The molecule has 0 heterocycles. The van der Waals surface area contributed by atoms with Gasteiger partial charge in [0.15, 0.2) is 0 Å². The maximum atomic E-state index is 8.89. The summed E-state index contributed by atoms with van der Waals surface area (Å²) >= 11 is 0. The van der Waals surface area contributed by atoms with Crippen LogP contribution in [0, 0.1) is 5.41 Å². The van der Waals surface area contributed by atoms with Crippen LogP contribution < -0.4 is 5.32 Å². The number of rotatable bonds is 4. The van der Waals surface area contributed by atoms with E-state index in [1.807, 2.05) is 0 Å². The van der Waals surface area contributed by atoms with E-state index in [1.165, 1.54) is 12.8 Å². The third kappa shape index (κ3) is 4.62. The van der Waals surface area contributed by atoms with Gasteiger partial charge in [0.05, 0.1) is 0 Å². The Morgan fingerprint density at radius 1 is 1.45 bits per heavy atom. The smallest absolute Gasteiger partial charge is 0.0494 e. The summed E-state index contributed by atoms with van der Waals surface area (Å²) in [5.41, 5.74) is 0.0581. The second-order valence-corrected chi connectivity index (χ2v) is 3.98. The van der Waals surface area contributed by atoms with E-state index in [1.54, 1.807) is 0 Å². The van der Waals surface area contributed by atoms with Crippen LogP contribution in [0.1, 0.15) is 26.7 Å². The molecule has 1 aliphatic rings. The van der Waals surface area contributed by atoms with Gasteiger partial charge in [-0.2, -0.15) is 0 Å². The number of halogens is 1. The van der Waals surface area contributed by atoms with E-state index in [0.29, 0.717) is 0 Å². The van der Waals surface area contributed by atoms with E-state index >= 15 is 0 Å². The molecule has 0 saturated heterocycles. The Hall–Kier alpha value is 0.210. The molecule has 1 rings (SSSR count). The quantitative estimate of drug-likeness (QED) is 0.680. The largest absolute Gasteiger partial charge is 0.396 e. The number of hydrogen-bond acceptors (Lipinski definition) is 2. The Morgan fingerprint density at radius 3 is 2.36 bits per heavy atom. The molecule has 2 N–H and O–H groups in total. The molecule has 0 aromatic carbocycles. The van der Waals surface area contributed by atoms with E-state index < -0.39 is 0 Å². The van der Waals surface area contributed by atoms with Crippen molar-refractivity contribution >= 4 is 12.4 Å². The highest BCUT2D eigenvalue weighted by molar-refractivity contribution is 5.85. The molecular weight excluding hydrogens is 162 g/mol. The van der Waals surface area contributed by atoms with Gasteiger partial charge >= 0.3 is 0 Å². The molecule has 0 radical (unpaired) electrons. The summed E-state index contributed by atoms with van der Waals surface area (Å²) in [6.45, 7) is 5.35. The molecule has 0 bridgehead atoms. The highest BCUT2D eigenvalue weighted by atomic mass is 35.5. The molecule has 11 heavy (non-hydrogen) atoms. The molecule has 0 aromatic rings. The van der Waals surface area contributed by atoms with E-state index in [2.05, 4.69) is 19.2 Å². The lowest BCUT2D eigenvalue weighted by molar-refractivity contribution is 0.156. The first kappa shape index (κ1) is 11.2. The lowest BCUT2D eigenvalue weighted by atomic mass is 9.95. The first-order valence-electron chi connectivity index (χ1n) is 3.98. The topological polar surface area (TPSA) is 32.3 Å². The standard InChI is InChI=1S/C8H17NO.ClH/c1-8(2,6-10)5-9-7-3-4-7;/h7,9-10H,3-6H2,1-2H3;1H. The minimum absolute atomic E-state index is 0. The zero-order chi connectivity index (χ0) is 7.61. The third-order valence-corrected chi connectivity index (χ3v) is 1.87. The van der Waals surface area contributed by atoms with Gasteiger partial charge in [0, 0.05) is 24.6 Å². The van der Waals surface area contributed by atoms with Crippen LogP contribution in [0.25, 0.3) is 0 Å². The van der Waals surface area contributed by atoms with Crippen molar-refractivity contribution in [2.75, 3.05) is 13.2 Å². The summed E-state index contributed by atoms with van der Waals surface area (Å²) in [6.07, 6.45) is 2.64. The molecule has 1 saturated carbocycles. The number of nitrogens with one attached hydrogen (secondary N) is 1. The molecule has 0 amide bonds. The number of aliphatic hydroxyl groups is 1. The zero-order valence-corrected chi connectivity index (χ0v) is 8.08. The van der Waals surface area contributed by atoms with Crippen LogP contribution in [-0.4, -0.2) is 24.3 Å². The Morgan fingerprint density at radius 2 is 2.00 bits per heavy atom. The third-order valence-electron chi connectivity index (χ3n) is 1.87. The van der Waals surface area contributed by atoms with Crippen LogP contribution in [0.2, 0.25) is 0 Å². The lowest BCUT2D eigenvalue weighted by Gasteiger charge is -2.21. The minimum Gasteiger partial charge on any atom is -0.396 e. The molecule has 1 aliphatic carbocycles. The Balaban J connectivity index is 0.000001000. The van der Waals surface area contributed by atoms with Crippen molar-refractivity contribution in [3.8, 4) is 0 Å². The summed E-state index contributed by atoms with van der Waals surface area (Å²) < 4.78 is 0. The molecule has 0 unspecified atom stereocenters. The van der Waals surface area contributed by atoms with Crippen molar-refractivity contribution in [3.05, 3.63) is 0 Å². The van der Waals surface area contributed by atoms with Crippen molar-refractivity contribution in [2.24, 2.45) is 5.41 Å². The van der Waals surface area contributed by atoms with Gasteiger partial charge in [-0.1, -0.05) is 13.8 Å². The maximum Gasteiger partial charge on any atom is 0.0494 e. The first-order valence-corrected chi connectivity index (χ1v) is 3.98. The second kappa shape index (κ2) is 4.29. The Bertz CT molecular complexity index is 113. The van der Waals surface area contributed by atoms with Crippen molar-refractivity contribution in [3.63, 3.8) is 0 Å². The van der Waals surface area contributed by atoms with Crippen LogP contribution in [0.4, 0.5) is 0 Å². The normalized spacial score (nSPS) is 17.7. The minimum atomic E-state index is 0. The van der Waals surface area contributed by atoms with Gasteiger partial charge in [-0.25, -0.2) is 0 Å². The summed E-state index contributed by atoms with van der Waals surface area (Å²) in [4.78, 5) is 0. The average molecular weight is 180 g/mol. The van der Waals surface area contributed by atoms with Crippen molar-refractivity contribution < 1.29 is 5.11 Å². The van der Waals surface area contributed by atoms with Crippen LogP contribution >= 0.6 is 12.4 Å². The van der Waals surface area contributed by atoms with Gasteiger partial charge in [0.1, 0.15) is 0 Å². The fourth-order valence-electron chi connectivity index (χ4n) is 0.764. The Labute approximate surface area is 74.8 Å². The highest BCUT2D eigenvalue weighted by Crippen LogP contribution is 2.21. The summed E-state index contributed by atoms with van der Waals surface area (Å²) in [7, 11) is 0. The monoisotopic (exact) mass is 179 g/mol. The molecule has 0 aliphatic heterocycles. The van der Waals surface area contributed by atoms with Gasteiger partial charge in [-0.3, -0.25) is 0 Å². The molecule has 0 spiro atoms. The highest BCUT2D eigenvalue weighted by Gasteiger charge is 2.24. The number of hydrogen-bond donors (Lipinski definition) is 2. The van der Waals surface area contributed by atoms with E-state index in [9.17, 15) is 0 Å². The predicted octanol–water partition coefficient (Wildman–Crippen LogP) is 1.18. The zero-order valence-electron chi connectivity index (χ0n) is 7.26. The average Bonchev–Trinajstić information content (AvgIpc) is 2.66. The van der Waals surface area contributed by atoms with Crippen molar-refractivity contribution in [1.82, 2.24) is 5.32 Å². The van der Waals surface area contributed by atoms with E-state index in [0.717, 1.165) is 12.6 Å². The van der Waals surface area contributed by atoms with Crippen LogP contribution in [0.15, 0.2) is 0 Å². The number of aliphatic hydroxyl groups excluding tert-OH is 1. The molecular formula is C8H18ClNO. The van der Waals surface area contributed by atoms with Gasteiger partial charge in [-0.05, 0) is 12.8 Å². The summed E-state index contributed by atoms with van der Waals surface area (Å²) in [5, 5.41) is 12.3. The molecule has 0 atom stereocenters. The molecule has 2 nitrogen and oxygen atoms in total. The van der Waals surface area contributed by atoms with Crippen molar-refractivity contribution in [2.45, 2.75) is 32.7 Å². The van der Waals surface area contributed by atoms with Crippen molar-refractivity contribution in [1.29, 1.82) is 0 Å². The molecule has 3 heteroatoms. The molecule has 68 valence electrons. The second-order valence-electron chi connectivity index (χ2n) is 3.98. The van der Waals surface area contributed by atoms with Gasteiger partial charge in [0.25, 0.3) is 0 Å². The van der Waals surface area contributed by atoms with Crippen LogP contribution in [-0.2, 0) is 0 Å². The summed E-state index contributed by atoms with van der Waals surface area (Å²) in [5.74, 6) is 0. The van der Waals surface area contributed by atoms with Gasteiger partial charge < -0.3 is 10.4 Å². The fraction of sp³-hybridized carbons (Fsp3) is 1.00. The maximum absolute atomic E-state index is 8.89. The SMILES string of the molecule is CC(C)(CO)CNC1CC1.Cl. The predicted molar refractivity (Wildman–Crippen MR) is 49.1 cm³/mol. The molecule has 1 fully saturated rings. The first-order chi connectivity index (χ1) is 4.64. The lowest BCUT2D eigenvalue weighted by Crippen LogP contribution is -2.33. The summed E-state index contributed by atoms with van der Waals surface area (Å²) in [6, 6.07) is 0.755. The van der Waals surface area contributed by atoms with Crippen LogP contribution in [0.3, 0.4) is 0 Å². The Kier molecular flexibility index (Phi) is 4.37. The fourth-order valence-corrected chi connectivity index (χ4v) is 0.764. The van der Waals surface area contributed by atoms with E-state index in [-0.39, 0.29) is 24.4 Å².